The van der Waals surface area contributed by atoms with Crippen LogP contribution in [0.25, 0.3) is 0 Å². The average molecular weight is 303 g/mol. The standard InChI is InChI=1S/2C7H5O.Co.H2O2/c2*8-6-7-4-2-1-3-5-7;;1-2/h2*1-5H;;1-2H. The van der Waals surface area contributed by atoms with Crippen molar-refractivity contribution >= 4 is 9.44 Å². The molecule has 0 aromatic heterocycles. The molecule has 0 radical (unpaired) electrons. The van der Waals surface area contributed by atoms with Crippen LogP contribution in [0, 0.1) is 0 Å². The van der Waals surface area contributed by atoms with E-state index < -0.39 is 0 Å². The first kappa shape index (κ1) is 15.3. The summed E-state index contributed by atoms with van der Waals surface area (Å²) in [6.45, 7) is 0. The fraction of sp³-hybridized carbons (Fsp3) is 0. The van der Waals surface area contributed by atoms with Crippen molar-refractivity contribution in [3.63, 3.8) is 0 Å². The van der Waals surface area contributed by atoms with Gasteiger partial charge in [0, 0.05) is 0 Å². The molecular weight excluding hydrogens is 291 g/mol. The minimum atomic E-state index is -0.171. The van der Waals surface area contributed by atoms with Gasteiger partial charge in [0.15, 0.2) is 0 Å². The Morgan fingerprint density at radius 1 is 0.684 bits per heavy atom. The van der Waals surface area contributed by atoms with Crippen LogP contribution in [0.2, 0.25) is 0 Å². The minimum Gasteiger partial charge on any atom is -0.255 e. The Balaban J connectivity index is 0.000000861. The number of carbonyl (C=O) groups is 2. The summed E-state index contributed by atoms with van der Waals surface area (Å²) in [5.74, 6) is 0. The molecule has 5 heteroatoms. The zero-order chi connectivity index (χ0) is 14.1. The number of hydrogen-bond donors (Lipinski definition) is 2. The van der Waals surface area contributed by atoms with Crippen LogP contribution in [0.15, 0.2) is 60.7 Å². The Bertz CT molecular complexity index is 476. The molecule has 0 heterocycles. The van der Waals surface area contributed by atoms with Gasteiger partial charge in [0.05, 0.1) is 0 Å². The van der Waals surface area contributed by atoms with Crippen LogP contribution in [-0.2, 0) is 14.7 Å². The molecule has 0 aliphatic rings. The summed E-state index contributed by atoms with van der Waals surface area (Å²) in [5.41, 5.74) is 1.13. The summed E-state index contributed by atoms with van der Waals surface area (Å²) >= 11 is 0.226. The fourth-order valence-corrected chi connectivity index (χ4v) is 2.15. The molecule has 2 aromatic rings. The van der Waals surface area contributed by atoms with Gasteiger partial charge in [-0.2, -0.15) is 0 Å². The third kappa shape index (κ3) is 4.76. The van der Waals surface area contributed by atoms with Crippen LogP contribution >= 0.6 is 0 Å². The van der Waals surface area contributed by atoms with Crippen LogP contribution in [-0.4, -0.2) is 19.9 Å². The molecule has 0 amide bonds. The third-order valence-corrected chi connectivity index (χ3v) is 3.20. The topological polar surface area (TPSA) is 74.6 Å². The van der Waals surface area contributed by atoms with Crippen molar-refractivity contribution in [3.8, 4) is 0 Å². The second-order valence-corrected chi connectivity index (χ2v) is 4.53. The molecule has 101 valence electrons. The minimum absolute atomic E-state index is 0.171. The Labute approximate surface area is 116 Å². The number of carbonyl (C=O) groups excluding carboxylic acids is 2. The third-order valence-electron chi connectivity index (χ3n) is 2.13. The first-order chi connectivity index (χ1) is 9.27. The van der Waals surface area contributed by atoms with Gasteiger partial charge in [0.1, 0.15) is 0 Å². The van der Waals surface area contributed by atoms with E-state index in [1.165, 1.54) is 0 Å². The smallest absolute Gasteiger partial charge is 0.255 e. The first-order valence-corrected chi connectivity index (χ1v) is 6.30. The second kappa shape index (κ2) is 8.33. The van der Waals surface area contributed by atoms with Crippen molar-refractivity contribution in [1.82, 2.24) is 0 Å². The molecule has 0 spiro atoms. The van der Waals surface area contributed by atoms with Crippen LogP contribution < -0.4 is 0 Å². The Kier molecular flexibility index (Phi) is 6.69. The van der Waals surface area contributed by atoms with E-state index in [0.29, 0.717) is 11.1 Å². The van der Waals surface area contributed by atoms with Gasteiger partial charge in [0.2, 0.25) is 0 Å². The first-order valence-electron chi connectivity index (χ1n) is 5.26. The van der Waals surface area contributed by atoms with Crippen molar-refractivity contribution in [3.05, 3.63) is 71.8 Å². The van der Waals surface area contributed by atoms with Crippen molar-refractivity contribution in [2.45, 2.75) is 0 Å². The zero-order valence-corrected chi connectivity index (χ0v) is 10.9. The van der Waals surface area contributed by atoms with Crippen LogP contribution in [0.3, 0.4) is 0 Å². The summed E-state index contributed by atoms with van der Waals surface area (Å²) in [5, 5.41) is 12.0. The Hall–Kier alpha value is -1.79. The van der Waals surface area contributed by atoms with E-state index in [4.69, 9.17) is 10.5 Å². The molecular formula is C14H12CoO4. The largest absolute Gasteiger partial charge is 0.255 e. The molecule has 0 fully saturated rings. The SMILES string of the molecule is O=[C]([Co][C](=O)c1ccccc1)c1ccccc1.OO. The van der Waals surface area contributed by atoms with Gasteiger partial charge in [-0.15, -0.1) is 0 Å². The molecule has 2 N–H and O–H groups in total. The molecule has 2 rings (SSSR count). The molecule has 0 saturated carbocycles. The normalized spacial score (nSPS) is 9.37. The van der Waals surface area contributed by atoms with E-state index in [1.54, 1.807) is 48.5 Å². The molecule has 0 saturated heterocycles. The van der Waals surface area contributed by atoms with E-state index in [0.717, 1.165) is 0 Å². The maximum absolute atomic E-state index is 11.8. The van der Waals surface area contributed by atoms with E-state index in [-0.39, 0.29) is 24.1 Å². The van der Waals surface area contributed by atoms with E-state index in [2.05, 4.69) is 0 Å². The van der Waals surface area contributed by atoms with E-state index in [9.17, 15) is 9.59 Å². The van der Waals surface area contributed by atoms with Gasteiger partial charge in [0.25, 0.3) is 0 Å². The molecule has 4 nitrogen and oxygen atoms in total. The molecule has 0 aliphatic carbocycles. The molecule has 19 heavy (non-hydrogen) atoms. The van der Waals surface area contributed by atoms with Gasteiger partial charge < -0.3 is 0 Å². The van der Waals surface area contributed by atoms with Crippen molar-refractivity contribution in [2.24, 2.45) is 0 Å². The quantitative estimate of drug-likeness (QED) is 0.673. The van der Waals surface area contributed by atoms with Gasteiger partial charge in [-0.05, 0) is 0 Å². The predicted octanol–water partition coefficient (Wildman–Crippen LogP) is 2.77. The maximum atomic E-state index is 11.8. The van der Waals surface area contributed by atoms with Gasteiger partial charge in [-0.3, -0.25) is 10.5 Å². The average Bonchev–Trinajstić information content (AvgIpc) is 2.51. The molecule has 0 aliphatic heterocycles. The van der Waals surface area contributed by atoms with Crippen LogP contribution in [0.4, 0.5) is 0 Å². The van der Waals surface area contributed by atoms with E-state index in [1.807, 2.05) is 12.1 Å². The van der Waals surface area contributed by atoms with Crippen LogP contribution in [0.1, 0.15) is 20.7 Å². The summed E-state index contributed by atoms with van der Waals surface area (Å²) in [4.78, 5) is 23.6. The summed E-state index contributed by atoms with van der Waals surface area (Å²) < 4.78 is -0.341. The second-order valence-electron chi connectivity index (χ2n) is 3.32. The summed E-state index contributed by atoms with van der Waals surface area (Å²) in [6.07, 6.45) is 0. The Morgan fingerprint density at radius 3 is 1.32 bits per heavy atom. The molecule has 0 bridgehead atoms. The monoisotopic (exact) mass is 303 g/mol. The number of benzene rings is 2. The predicted molar refractivity (Wildman–Crippen MR) is 66.8 cm³/mol. The molecule has 0 atom stereocenters. The van der Waals surface area contributed by atoms with Gasteiger partial charge in [-0.25, -0.2) is 0 Å². The molecule has 0 unspecified atom stereocenters. The number of rotatable bonds is 4. The zero-order valence-electron chi connectivity index (χ0n) is 9.82. The fourth-order valence-electron chi connectivity index (χ4n) is 1.29. The maximum Gasteiger partial charge on any atom is -0.255 e. The van der Waals surface area contributed by atoms with Crippen molar-refractivity contribution < 1.29 is 34.8 Å². The summed E-state index contributed by atoms with van der Waals surface area (Å²) in [7, 11) is 0. The van der Waals surface area contributed by atoms with Gasteiger partial charge in [-0.1, -0.05) is 0 Å². The summed E-state index contributed by atoms with van der Waals surface area (Å²) in [6, 6.07) is 17.7. The van der Waals surface area contributed by atoms with Gasteiger partial charge >= 0.3 is 106 Å². The Morgan fingerprint density at radius 2 is 1.00 bits per heavy atom. The van der Waals surface area contributed by atoms with Crippen molar-refractivity contribution in [2.75, 3.05) is 0 Å². The van der Waals surface area contributed by atoms with Crippen molar-refractivity contribution in [1.29, 1.82) is 0 Å². The van der Waals surface area contributed by atoms with Crippen LogP contribution in [0.5, 0.6) is 0 Å². The molecule has 2 aromatic carbocycles. The van der Waals surface area contributed by atoms with E-state index >= 15 is 0 Å². The number of hydrogen-bond acceptors (Lipinski definition) is 4.